The molecule has 1 unspecified atom stereocenters. The summed E-state index contributed by atoms with van der Waals surface area (Å²) in [6.07, 6.45) is 3.30. The molecule has 0 bridgehead atoms. The molecule has 2 rings (SSSR count). The van der Waals surface area contributed by atoms with Crippen molar-refractivity contribution in [2.45, 2.75) is 51.2 Å². The van der Waals surface area contributed by atoms with E-state index in [-0.39, 0.29) is 29.3 Å². The zero-order valence-electron chi connectivity index (χ0n) is 12.2. The molecule has 110 valence electrons. The van der Waals surface area contributed by atoms with Gasteiger partial charge in [0.2, 0.25) is 0 Å². The number of Topliss-reactive ketones (excluding diaryl/α,β-unsaturated/α-hetero) is 1. The van der Waals surface area contributed by atoms with Gasteiger partial charge in [-0.15, -0.1) is 0 Å². The van der Waals surface area contributed by atoms with E-state index in [9.17, 15) is 13.2 Å². The lowest BCUT2D eigenvalue weighted by atomic mass is 9.90. The fourth-order valence-corrected chi connectivity index (χ4v) is 4.08. The highest BCUT2D eigenvalue weighted by molar-refractivity contribution is 7.92. The zero-order chi connectivity index (χ0) is 14.3. The Bertz CT molecular complexity index is 456. The van der Waals surface area contributed by atoms with Crippen molar-refractivity contribution in [3.8, 4) is 0 Å². The third kappa shape index (κ3) is 3.02. The second-order valence-corrected chi connectivity index (χ2v) is 9.88. The van der Waals surface area contributed by atoms with E-state index in [0.29, 0.717) is 0 Å². The van der Waals surface area contributed by atoms with Crippen LogP contribution in [0.15, 0.2) is 0 Å². The summed E-state index contributed by atoms with van der Waals surface area (Å²) < 4.78 is 23.2. The summed E-state index contributed by atoms with van der Waals surface area (Å²) in [4.78, 5) is 12.2. The van der Waals surface area contributed by atoms with Gasteiger partial charge in [-0.05, 0) is 58.5 Å². The number of sulfone groups is 1. The topological polar surface area (TPSA) is 63.2 Å². The first-order valence-corrected chi connectivity index (χ1v) is 8.79. The maximum absolute atomic E-state index is 12.2. The van der Waals surface area contributed by atoms with Crippen LogP contribution >= 0.6 is 0 Å². The second kappa shape index (κ2) is 4.85. The van der Waals surface area contributed by atoms with E-state index in [4.69, 9.17) is 0 Å². The van der Waals surface area contributed by atoms with E-state index < -0.39 is 14.6 Å². The molecule has 0 radical (unpaired) electrons. The first-order valence-electron chi connectivity index (χ1n) is 7.14. The van der Waals surface area contributed by atoms with Gasteiger partial charge < -0.3 is 5.32 Å². The molecule has 1 spiro atoms. The van der Waals surface area contributed by atoms with Crippen LogP contribution in [0, 0.1) is 11.3 Å². The molecular formula is C14H25NO3S. The van der Waals surface area contributed by atoms with Gasteiger partial charge >= 0.3 is 0 Å². The first kappa shape index (κ1) is 15.0. The zero-order valence-corrected chi connectivity index (χ0v) is 13.0. The van der Waals surface area contributed by atoms with Crippen molar-refractivity contribution in [2.75, 3.05) is 18.8 Å². The number of carbonyl (C=O) groups excluding carboxylic acids is 1. The number of hydrogen-bond donors (Lipinski definition) is 1. The Labute approximate surface area is 116 Å². The largest absolute Gasteiger partial charge is 0.317 e. The van der Waals surface area contributed by atoms with Gasteiger partial charge in [0.25, 0.3) is 0 Å². The monoisotopic (exact) mass is 287 g/mol. The van der Waals surface area contributed by atoms with Crippen LogP contribution in [0.25, 0.3) is 0 Å². The minimum atomic E-state index is -3.17. The number of carbonyl (C=O) groups is 1. The molecule has 0 amide bonds. The Morgan fingerprint density at radius 1 is 1.26 bits per heavy atom. The maximum Gasteiger partial charge on any atom is 0.155 e. The fourth-order valence-electron chi connectivity index (χ4n) is 3.00. The molecule has 1 saturated carbocycles. The summed E-state index contributed by atoms with van der Waals surface area (Å²) in [7, 11) is -3.17. The van der Waals surface area contributed by atoms with Crippen LogP contribution in [-0.2, 0) is 14.6 Å². The third-order valence-electron chi connectivity index (χ3n) is 4.73. The Morgan fingerprint density at radius 2 is 1.84 bits per heavy atom. The van der Waals surface area contributed by atoms with Gasteiger partial charge in [0, 0.05) is 12.3 Å². The van der Waals surface area contributed by atoms with Crippen molar-refractivity contribution in [1.82, 2.24) is 5.32 Å². The lowest BCUT2D eigenvalue weighted by molar-refractivity contribution is -0.120. The maximum atomic E-state index is 12.2. The van der Waals surface area contributed by atoms with Gasteiger partial charge in [-0.2, -0.15) is 0 Å². The highest BCUT2D eigenvalue weighted by atomic mass is 32.2. The van der Waals surface area contributed by atoms with E-state index in [1.54, 1.807) is 20.8 Å². The smallest absolute Gasteiger partial charge is 0.155 e. The van der Waals surface area contributed by atoms with Crippen molar-refractivity contribution < 1.29 is 13.2 Å². The average molecular weight is 287 g/mol. The van der Waals surface area contributed by atoms with E-state index in [0.717, 1.165) is 32.4 Å². The van der Waals surface area contributed by atoms with E-state index in [2.05, 4.69) is 5.32 Å². The Kier molecular flexibility index (Phi) is 3.82. The molecule has 1 aliphatic heterocycles. The molecule has 1 heterocycles. The fraction of sp³-hybridized carbons (Fsp3) is 0.929. The number of piperidine rings is 1. The first-order chi connectivity index (χ1) is 8.68. The summed E-state index contributed by atoms with van der Waals surface area (Å²) >= 11 is 0. The van der Waals surface area contributed by atoms with Crippen molar-refractivity contribution in [3.63, 3.8) is 0 Å². The Balaban J connectivity index is 1.87. The van der Waals surface area contributed by atoms with Gasteiger partial charge in [-0.3, -0.25) is 4.79 Å². The molecule has 4 nitrogen and oxygen atoms in total. The summed E-state index contributed by atoms with van der Waals surface area (Å²) in [5.41, 5.74) is 0.216. The molecule has 0 aromatic heterocycles. The standard InChI is InChI=1S/C14H25NO3S/c1-13(2,3)19(17,18)9-4-12(16)11-10-14(11)5-7-15-8-6-14/h11,15H,4-10H2,1-3H3. The van der Waals surface area contributed by atoms with Gasteiger partial charge in [-0.25, -0.2) is 8.42 Å². The molecule has 0 aromatic rings. The lowest BCUT2D eigenvalue weighted by Gasteiger charge is -2.23. The molecule has 0 aromatic carbocycles. The summed E-state index contributed by atoms with van der Waals surface area (Å²) in [6, 6.07) is 0. The quantitative estimate of drug-likeness (QED) is 0.852. The minimum absolute atomic E-state index is 0.000162. The van der Waals surface area contributed by atoms with Crippen LogP contribution in [0.3, 0.4) is 0 Å². The van der Waals surface area contributed by atoms with Crippen LogP contribution in [0.1, 0.15) is 46.5 Å². The van der Waals surface area contributed by atoms with Crippen LogP contribution in [-0.4, -0.2) is 37.8 Å². The van der Waals surface area contributed by atoms with Crippen molar-refractivity contribution >= 4 is 15.6 Å². The van der Waals surface area contributed by atoms with Crippen LogP contribution in [0.2, 0.25) is 0 Å². The average Bonchev–Trinajstić information content (AvgIpc) is 2.99. The molecule has 1 atom stereocenters. The van der Waals surface area contributed by atoms with Crippen molar-refractivity contribution in [1.29, 1.82) is 0 Å². The number of rotatable bonds is 4. The molecule has 5 heteroatoms. The number of nitrogens with one attached hydrogen (secondary N) is 1. The highest BCUT2D eigenvalue weighted by Crippen LogP contribution is 2.59. The minimum Gasteiger partial charge on any atom is -0.317 e. The molecule has 1 aliphatic carbocycles. The van der Waals surface area contributed by atoms with Gasteiger partial charge in [0.05, 0.1) is 10.5 Å². The molecule has 2 aliphatic rings. The Morgan fingerprint density at radius 3 is 2.37 bits per heavy atom. The van der Waals surface area contributed by atoms with E-state index in [1.807, 2.05) is 0 Å². The summed E-state index contributed by atoms with van der Waals surface area (Å²) in [5.74, 6) is 0.291. The van der Waals surface area contributed by atoms with Crippen LogP contribution in [0.5, 0.6) is 0 Å². The van der Waals surface area contributed by atoms with Gasteiger partial charge in [0.15, 0.2) is 9.84 Å². The lowest BCUT2D eigenvalue weighted by Crippen LogP contribution is -2.32. The summed E-state index contributed by atoms with van der Waals surface area (Å²) in [5, 5.41) is 3.31. The second-order valence-electron chi connectivity index (χ2n) is 7.02. The molecular weight excluding hydrogens is 262 g/mol. The van der Waals surface area contributed by atoms with E-state index >= 15 is 0 Å². The van der Waals surface area contributed by atoms with Gasteiger partial charge in [-0.1, -0.05) is 0 Å². The Hall–Kier alpha value is -0.420. The molecule has 2 fully saturated rings. The summed E-state index contributed by atoms with van der Waals surface area (Å²) in [6.45, 7) is 7.06. The highest BCUT2D eigenvalue weighted by Gasteiger charge is 2.57. The molecule has 1 saturated heterocycles. The predicted octanol–water partition coefficient (Wildman–Crippen LogP) is 1.55. The van der Waals surface area contributed by atoms with Crippen molar-refractivity contribution in [3.05, 3.63) is 0 Å². The van der Waals surface area contributed by atoms with E-state index in [1.165, 1.54) is 0 Å². The predicted molar refractivity (Wildman–Crippen MR) is 75.8 cm³/mol. The SMILES string of the molecule is CC(C)(C)S(=O)(=O)CCC(=O)C1CC12CCNCC2. The van der Waals surface area contributed by atoms with Crippen LogP contribution in [0.4, 0.5) is 0 Å². The number of hydrogen-bond acceptors (Lipinski definition) is 4. The van der Waals surface area contributed by atoms with Crippen molar-refractivity contribution in [2.24, 2.45) is 11.3 Å². The number of ketones is 1. The van der Waals surface area contributed by atoms with Crippen LogP contribution < -0.4 is 5.32 Å². The third-order valence-corrected chi connectivity index (χ3v) is 7.34. The molecule has 19 heavy (non-hydrogen) atoms. The van der Waals surface area contributed by atoms with Gasteiger partial charge in [0.1, 0.15) is 5.78 Å². The molecule has 1 N–H and O–H groups in total. The normalized spacial score (nSPS) is 26.4.